The molecule has 0 saturated carbocycles. The van der Waals surface area contributed by atoms with E-state index < -0.39 is 0 Å². The third-order valence-electron chi connectivity index (χ3n) is 5.63. The first-order valence-electron chi connectivity index (χ1n) is 6.00. The molecule has 86 valence electrons. The van der Waals surface area contributed by atoms with Crippen LogP contribution in [0.1, 0.15) is 68.7 Å². The summed E-state index contributed by atoms with van der Waals surface area (Å²) in [5.41, 5.74) is 1.15. The average molecular weight is 198 g/mol. The van der Waals surface area contributed by atoms with Crippen LogP contribution >= 0.6 is 0 Å². The second-order valence-corrected chi connectivity index (χ2v) is 6.74. The summed E-state index contributed by atoms with van der Waals surface area (Å²) < 4.78 is 0. The largest absolute Gasteiger partial charge is 0.0649 e. The van der Waals surface area contributed by atoms with Gasteiger partial charge in [0.1, 0.15) is 0 Å². The first kappa shape index (κ1) is 14.0. The molecule has 0 aliphatic rings. The van der Waals surface area contributed by atoms with E-state index in [1.54, 1.807) is 0 Å². The van der Waals surface area contributed by atoms with Crippen molar-refractivity contribution in [1.29, 1.82) is 0 Å². The molecule has 0 heteroatoms. The molecular weight excluding hydrogens is 168 g/mol. The number of hydrogen-bond acceptors (Lipinski definition) is 0. The third-order valence-corrected chi connectivity index (χ3v) is 5.63. The van der Waals surface area contributed by atoms with Gasteiger partial charge in [0.05, 0.1) is 0 Å². The Kier molecular flexibility index (Phi) is 3.87. The van der Waals surface area contributed by atoms with Crippen molar-refractivity contribution >= 4 is 0 Å². The summed E-state index contributed by atoms with van der Waals surface area (Å²) >= 11 is 0. The van der Waals surface area contributed by atoms with E-state index >= 15 is 0 Å². The minimum atomic E-state index is 0.364. The molecule has 0 heterocycles. The Balaban J connectivity index is 5.14. The molecule has 0 bridgehead atoms. The minimum absolute atomic E-state index is 0.364. The Bertz CT molecular complexity index is 182. The zero-order chi connectivity index (χ0) is 11.8. The van der Waals surface area contributed by atoms with Gasteiger partial charge < -0.3 is 0 Å². The van der Waals surface area contributed by atoms with E-state index in [1.165, 1.54) is 6.42 Å². The van der Waals surface area contributed by atoms with Gasteiger partial charge in [0.2, 0.25) is 0 Å². The Morgan fingerprint density at radius 1 is 0.857 bits per heavy atom. The lowest BCUT2D eigenvalue weighted by Gasteiger charge is -2.54. The highest BCUT2D eigenvalue weighted by Crippen LogP contribution is 2.55. The van der Waals surface area contributed by atoms with Crippen molar-refractivity contribution < 1.29 is 0 Å². The third kappa shape index (κ3) is 1.99. The van der Waals surface area contributed by atoms with Crippen LogP contribution in [0.3, 0.4) is 0 Å². The van der Waals surface area contributed by atoms with Gasteiger partial charge in [-0.1, -0.05) is 68.7 Å². The summed E-state index contributed by atoms with van der Waals surface area (Å²) in [6, 6.07) is 0. The van der Waals surface area contributed by atoms with Crippen LogP contribution in [-0.4, -0.2) is 0 Å². The van der Waals surface area contributed by atoms with E-state index in [1.807, 2.05) is 0 Å². The van der Waals surface area contributed by atoms with Crippen LogP contribution in [0.15, 0.2) is 0 Å². The smallest absolute Gasteiger partial charge is 0.0249 e. The lowest BCUT2D eigenvalue weighted by molar-refractivity contribution is -0.0508. The molecule has 0 fully saturated rings. The monoisotopic (exact) mass is 198 g/mol. The van der Waals surface area contributed by atoms with Crippen molar-refractivity contribution in [1.82, 2.24) is 0 Å². The van der Waals surface area contributed by atoms with Gasteiger partial charge in [-0.2, -0.15) is 0 Å². The van der Waals surface area contributed by atoms with Crippen LogP contribution in [0.25, 0.3) is 0 Å². The van der Waals surface area contributed by atoms with Gasteiger partial charge in [0.15, 0.2) is 0 Å². The van der Waals surface area contributed by atoms with E-state index in [9.17, 15) is 0 Å². The van der Waals surface area contributed by atoms with Crippen LogP contribution < -0.4 is 0 Å². The van der Waals surface area contributed by atoms with Crippen LogP contribution in [0.5, 0.6) is 0 Å². The van der Waals surface area contributed by atoms with Gasteiger partial charge in [-0.25, -0.2) is 0 Å². The summed E-state index contributed by atoms with van der Waals surface area (Å²) in [7, 11) is 0. The zero-order valence-corrected chi connectivity index (χ0v) is 11.8. The lowest BCUT2D eigenvalue weighted by atomic mass is 9.51. The van der Waals surface area contributed by atoms with Gasteiger partial charge in [-0.15, -0.1) is 0 Å². The highest BCUT2D eigenvalue weighted by molar-refractivity contribution is 4.96. The van der Waals surface area contributed by atoms with Crippen molar-refractivity contribution in [3.05, 3.63) is 0 Å². The maximum Gasteiger partial charge on any atom is -0.0249 e. The molecule has 0 amide bonds. The quantitative estimate of drug-likeness (QED) is 0.587. The first-order valence-corrected chi connectivity index (χ1v) is 6.00. The predicted molar refractivity (Wildman–Crippen MR) is 66.5 cm³/mol. The first-order chi connectivity index (χ1) is 6.00. The highest BCUT2D eigenvalue weighted by atomic mass is 14.5. The van der Waals surface area contributed by atoms with Crippen molar-refractivity contribution in [2.75, 3.05) is 0 Å². The average Bonchev–Trinajstić information content (AvgIpc) is 2.03. The zero-order valence-electron chi connectivity index (χ0n) is 11.8. The molecule has 0 aromatic rings. The Hall–Kier alpha value is 0. The van der Waals surface area contributed by atoms with E-state index in [0.717, 1.165) is 5.92 Å². The fraction of sp³-hybridized carbons (Fsp3) is 1.00. The Morgan fingerprint density at radius 3 is 1.43 bits per heavy atom. The van der Waals surface area contributed by atoms with Crippen LogP contribution in [-0.2, 0) is 0 Å². The topological polar surface area (TPSA) is 0 Å². The fourth-order valence-corrected chi connectivity index (χ4v) is 2.04. The molecule has 0 spiro atoms. The van der Waals surface area contributed by atoms with Gasteiger partial charge in [-0.05, 0) is 22.2 Å². The molecule has 0 radical (unpaired) electrons. The summed E-state index contributed by atoms with van der Waals surface area (Å²) in [4.78, 5) is 0. The number of hydrogen-bond donors (Lipinski definition) is 0. The summed E-state index contributed by atoms with van der Waals surface area (Å²) in [5.74, 6) is 0.725. The van der Waals surface area contributed by atoms with Crippen LogP contribution in [0.2, 0.25) is 0 Å². The van der Waals surface area contributed by atoms with Gasteiger partial charge in [-0.3, -0.25) is 0 Å². The lowest BCUT2D eigenvalue weighted by Crippen LogP contribution is -2.46. The maximum atomic E-state index is 2.43. The highest BCUT2D eigenvalue weighted by Gasteiger charge is 2.47. The summed E-state index contributed by atoms with van der Waals surface area (Å²) in [6.07, 6.45) is 1.25. The summed E-state index contributed by atoms with van der Waals surface area (Å²) in [6.45, 7) is 21.5. The SMILES string of the molecule is CCC(C)(C)C(C)(C)C(C)(C)C(C)C. The van der Waals surface area contributed by atoms with Gasteiger partial charge in [0.25, 0.3) is 0 Å². The Morgan fingerprint density at radius 2 is 1.21 bits per heavy atom. The van der Waals surface area contributed by atoms with Gasteiger partial charge >= 0.3 is 0 Å². The van der Waals surface area contributed by atoms with Crippen molar-refractivity contribution in [3.8, 4) is 0 Å². The van der Waals surface area contributed by atoms with Crippen molar-refractivity contribution in [2.45, 2.75) is 68.7 Å². The molecule has 0 aliphatic carbocycles. The standard InChI is InChI=1S/C14H30/c1-10-12(4,5)14(8,9)13(6,7)11(2)3/h11H,10H2,1-9H3. The fourth-order valence-electron chi connectivity index (χ4n) is 2.04. The van der Waals surface area contributed by atoms with E-state index in [2.05, 4.69) is 62.3 Å². The predicted octanol–water partition coefficient (Wildman–Crippen LogP) is 5.13. The van der Waals surface area contributed by atoms with E-state index in [4.69, 9.17) is 0 Å². The Labute approximate surface area is 91.5 Å². The van der Waals surface area contributed by atoms with Gasteiger partial charge in [0, 0.05) is 0 Å². The minimum Gasteiger partial charge on any atom is -0.0649 e. The maximum absolute atomic E-state index is 2.43. The van der Waals surface area contributed by atoms with Crippen LogP contribution in [0.4, 0.5) is 0 Å². The molecule has 0 unspecified atom stereocenters. The molecule has 0 saturated heterocycles. The molecular formula is C14H30. The van der Waals surface area contributed by atoms with Crippen molar-refractivity contribution in [3.63, 3.8) is 0 Å². The van der Waals surface area contributed by atoms with Crippen LogP contribution in [0, 0.1) is 22.2 Å². The second kappa shape index (κ2) is 3.87. The van der Waals surface area contributed by atoms with Crippen molar-refractivity contribution in [2.24, 2.45) is 22.2 Å². The molecule has 0 rings (SSSR count). The summed E-state index contributed by atoms with van der Waals surface area (Å²) in [5, 5.41) is 0. The molecule has 0 N–H and O–H groups in total. The molecule has 0 atom stereocenters. The van der Waals surface area contributed by atoms with E-state index in [0.29, 0.717) is 16.2 Å². The van der Waals surface area contributed by atoms with E-state index in [-0.39, 0.29) is 0 Å². The second-order valence-electron chi connectivity index (χ2n) is 6.74. The normalized spacial score (nSPS) is 15.0. The molecule has 0 nitrogen and oxygen atoms in total. The number of rotatable bonds is 4. The molecule has 0 aliphatic heterocycles. The molecule has 0 aromatic carbocycles. The molecule has 14 heavy (non-hydrogen) atoms. The molecule has 0 aromatic heterocycles.